The van der Waals surface area contributed by atoms with Crippen LogP contribution in [0.1, 0.15) is 15.9 Å². The number of rotatable bonds is 4. The van der Waals surface area contributed by atoms with Gasteiger partial charge in [-0.15, -0.1) is 0 Å². The van der Waals surface area contributed by atoms with E-state index in [1.165, 1.54) is 21.6 Å². The summed E-state index contributed by atoms with van der Waals surface area (Å²) in [6, 6.07) is 11.7. The van der Waals surface area contributed by atoms with Crippen LogP contribution >= 0.6 is 34.8 Å². The highest BCUT2D eigenvalue weighted by atomic mass is 35.5. The molecule has 25 heavy (non-hydrogen) atoms. The van der Waals surface area contributed by atoms with E-state index >= 15 is 0 Å². The Hall–Kier alpha value is -2.21. The van der Waals surface area contributed by atoms with Gasteiger partial charge in [0.1, 0.15) is 5.56 Å². The summed E-state index contributed by atoms with van der Waals surface area (Å²) in [6.07, 6.45) is 1.28. The van der Waals surface area contributed by atoms with E-state index in [2.05, 4.69) is 0 Å². The number of carbonyl (C=O) groups is 1. The number of halogens is 3. The molecule has 0 amide bonds. The molecule has 1 heterocycles. The van der Waals surface area contributed by atoms with Crippen molar-refractivity contribution in [2.75, 3.05) is 0 Å². The van der Waals surface area contributed by atoms with Crippen LogP contribution in [-0.2, 0) is 6.54 Å². The van der Waals surface area contributed by atoms with Crippen LogP contribution in [0.15, 0.2) is 53.5 Å². The molecule has 0 atom stereocenters. The van der Waals surface area contributed by atoms with Crippen molar-refractivity contribution >= 4 is 40.8 Å². The molecule has 0 aliphatic carbocycles. The molecule has 0 radical (unpaired) electrons. The maximum Gasteiger partial charge on any atom is 0.342 e. The van der Waals surface area contributed by atoms with Gasteiger partial charge in [-0.3, -0.25) is 9.48 Å². The van der Waals surface area contributed by atoms with E-state index in [1.807, 2.05) is 0 Å². The van der Waals surface area contributed by atoms with Crippen molar-refractivity contribution in [1.82, 2.24) is 9.36 Å². The van der Waals surface area contributed by atoms with Crippen LogP contribution in [0, 0.1) is 0 Å². The Balaban J connectivity index is 2.17. The monoisotopic (exact) mass is 396 g/mol. The summed E-state index contributed by atoms with van der Waals surface area (Å²) in [7, 11) is 0. The number of carboxylic acids is 1. The molecule has 0 bridgehead atoms. The Bertz CT molecular complexity index is 1010. The quantitative estimate of drug-likeness (QED) is 0.712. The SMILES string of the molecule is O=C(O)c1cn(Cc2ccc(Cl)cc2)n(-c2ccc(Cl)cc2Cl)c1=O. The summed E-state index contributed by atoms with van der Waals surface area (Å²) >= 11 is 18.0. The lowest BCUT2D eigenvalue weighted by atomic mass is 10.2. The second-order valence-corrected chi connectivity index (χ2v) is 6.56. The zero-order valence-corrected chi connectivity index (χ0v) is 14.9. The van der Waals surface area contributed by atoms with Gasteiger partial charge in [0.05, 0.1) is 17.3 Å². The lowest BCUT2D eigenvalue weighted by molar-refractivity contribution is 0.0695. The van der Waals surface area contributed by atoms with E-state index in [9.17, 15) is 14.7 Å². The highest BCUT2D eigenvalue weighted by molar-refractivity contribution is 6.35. The molecule has 0 aliphatic rings. The summed E-state index contributed by atoms with van der Waals surface area (Å²) < 4.78 is 2.71. The molecular weight excluding hydrogens is 387 g/mol. The van der Waals surface area contributed by atoms with Gasteiger partial charge in [-0.2, -0.15) is 0 Å². The standard InChI is InChI=1S/C17H11Cl3N2O3/c18-11-3-1-10(2-4-11)8-21-9-13(17(24)25)16(23)22(21)15-6-5-12(19)7-14(15)20/h1-7,9H,8H2,(H,24,25). The first-order chi connectivity index (χ1) is 11.9. The Morgan fingerprint density at radius 2 is 1.64 bits per heavy atom. The van der Waals surface area contributed by atoms with Crippen molar-refractivity contribution in [3.05, 3.63) is 85.2 Å². The molecule has 1 aromatic heterocycles. The minimum Gasteiger partial charge on any atom is -0.477 e. The average Bonchev–Trinajstić information content (AvgIpc) is 2.87. The molecule has 0 unspecified atom stereocenters. The molecule has 3 aromatic rings. The predicted octanol–water partition coefficient (Wildman–Crippen LogP) is 4.35. The zero-order valence-electron chi connectivity index (χ0n) is 12.6. The smallest absolute Gasteiger partial charge is 0.342 e. The van der Waals surface area contributed by atoms with Crippen molar-refractivity contribution < 1.29 is 9.90 Å². The fourth-order valence-electron chi connectivity index (χ4n) is 2.43. The third-order valence-corrected chi connectivity index (χ3v) is 4.37. The highest BCUT2D eigenvalue weighted by Crippen LogP contribution is 2.24. The van der Waals surface area contributed by atoms with E-state index < -0.39 is 11.5 Å². The van der Waals surface area contributed by atoms with Crippen molar-refractivity contribution in [3.8, 4) is 5.69 Å². The summed E-state index contributed by atoms with van der Waals surface area (Å²) in [5, 5.41) is 10.5. The lowest BCUT2D eigenvalue weighted by Gasteiger charge is -2.13. The van der Waals surface area contributed by atoms with Gasteiger partial charge in [0, 0.05) is 16.2 Å². The number of aromatic nitrogens is 2. The molecule has 8 heteroatoms. The molecule has 0 saturated heterocycles. The van der Waals surface area contributed by atoms with Gasteiger partial charge in [-0.05, 0) is 35.9 Å². The van der Waals surface area contributed by atoms with Crippen LogP contribution in [0.3, 0.4) is 0 Å². The molecule has 1 N–H and O–H groups in total. The van der Waals surface area contributed by atoms with Gasteiger partial charge in [0.25, 0.3) is 5.56 Å². The Morgan fingerprint density at radius 3 is 2.24 bits per heavy atom. The second-order valence-electron chi connectivity index (χ2n) is 5.28. The summed E-state index contributed by atoms with van der Waals surface area (Å²) in [5.74, 6) is -1.31. The van der Waals surface area contributed by atoms with Gasteiger partial charge in [0.2, 0.25) is 0 Å². The largest absolute Gasteiger partial charge is 0.477 e. The number of benzene rings is 2. The van der Waals surface area contributed by atoms with Crippen LogP contribution in [0.5, 0.6) is 0 Å². The van der Waals surface area contributed by atoms with Gasteiger partial charge in [0.15, 0.2) is 0 Å². The molecule has 128 valence electrons. The maximum atomic E-state index is 12.6. The molecule has 5 nitrogen and oxygen atoms in total. The number of hydrogen-bond donors (Lipinski definition) is 1. The Labute approximate surface area is 157 Å². The van der Waals surface area contributed by atoms with Crippen molar-refractivity contribution in [2.24, 2.45) is 0 Å². The maximum absolute atomic E-state index is 12.6. The number of aromatic carboxylic acids is 1. The van der Waals surface area contributed by atoms with Crippen LogP contribution < -0.4 is 5.56 Å². The summed E-state index contributed by atoms with van der Waals surface area (Å²) in [5.41, 5.74) is 0.165. The van der Waals surface area contributed by atoms with Gasteiger partial charge in [-0.25, -0.2) is 9.48 Å². The zero-order chi connectivity index (χ0) is 18.1. The average molecular weight is 398 g/mol. The number of hydrogen-bond acceptors (Lipinski definition) is 2. The molecule has 2 aromatic carbocycles. The lowest BCUT2D eigenvalue weighted by Crippen LogP contribution is -2.24. The molecular formula is C17H11Cl3N2O3. The minimum atomic E-state index is -1.31. The summed E-state index contributed by atoms with van der Waals surface area (Å²) in [6.45, 7) is 0.263. The van der Waals surface area contributed by atoms with Crippen LogP contribution in [0.4, 0.5) is 0 Å². The number of nitrogens with zero attached hydrogens (tertiary/aromatic N) is 2. The topological polar surface area (TPSA) is 64.2 Å². The third-order valence-electron chi connectivity index (χ3n) is 3.58. The first kappa shape index (κ1) is 17.6. The van der Waals surface area contributed by atoms with Crippen LogP contribution in [-0.4, -0.2) is 20.4 Å². The van der Waals surface area contributed by atoms with E-state index in [1.54, 1.807) is 36.4 Å². The van der Waals surface area contributed by atoms with E-state index in [-0.39, 0.29) is 17.1 Å². The first-order valence-electron chi connectivity index (χ1n) is 7.12. The second kappa shape index (κ2) is 6.96. The molecule has 0 spiro atoms. The summed E-state index contributed by atoms with van der Waals surface area (Å²) in [4.78, 5) is 23.9. The molecule has 0 aliphatic heterocycles. The predicted molar refractivity (Wildman–Crippen MR) is 97.6 cm³/mol. The van der Waals surface area contributed by atoms with Crippen LogP contribution in [0.2, 0.25) is 15.1 Å². The molecule has 0 saturated carbocycles. The van der Waals surface area contributed by atoms with Crippen molar-refractivity contribution in [2.45, 2.75) is 6.54 Å². The molecule has 3 rings (SSSR count). The van der Waals surface area contributed by atoms with Gasteiger partial charge in [-0.1, -0.05) is 46.9 Å². The van der Waals surface area contributed by atoms with E-state index in [0.29, 0.717) is 15.7 Å². The Kier molecular flexibility index (Phi) is 4.90. The fraction of sp³-hybridized carbons (Fsp3) is 0.0588. The van der Waals surface area contributed by atoms with Crippen molar-refractivity contribution in [3.63, 3.8) is 0 Å². The van der Waals surface area contributed by atoms with E-state index in [4.69, 9.17) is 34.8 Å². The third kappa shape index (κ3) is 3.58. The number of carboxylic acid groups (broad SMARTS) is 1. The normalized spacial score (nSPS) is 10.8. The van der Waals surface area contributed by atoms with Gasteiger partial charge >= 0.3 is 5.97 Å². The minimum absolute atomic E-state index is 0.238. The van der Waals surface area contributed by atoms with Crippen molar-refractivity contribution in [1.29, 1.82) is 0 Å². The molecule has 0 fully saturated rings. The highest BCUT2D eigenvalue weighted by Gasteiger charge is 2.20. The Morgan fingerprint density at radius 1 is 1.00 bits per heavy atom. The fourth-order valence-corrected chi connectivity index (χ4v) is 3.05. The van der Waals surface area contributed by atoms with Gasteiger partial charge < -0.3 is 5.11 Å². The first-order valence-corrected chi connectivity index (χ1v) is 8.26. The van der Waals surface area contributed by atoms with Crippen LogP contribution in [0.25, 0.3) is 5.69 Å². The van der Waals surface area contributed by atoms with E-state index in [0.717, 1.165) is 5.56 Å².